The van der Waals surface area contributed by atoms with Gasteiger partial charge in [-0.25, -0.2) is 0 Å². The van der Waals surface area contributed by atoms with E-state index in [-0.39, 0.29) is 11.6 Å². The number of H-pyrrole nitrogens is 1. The Balaban J connectivity index is 2.24. The van der Waals surface area contributed by atoms with Gasteiger partial charge in [0.2, 0.25) is 0 Å². The molecule has 1 fully saturated rings. The Morgan fingerprint density at radius 3 is 3.15 bits per heavy atom. The molecule has 1 aromatic heterocycles. The standard InChI is InChI=1S/C9H12N2O2/c12-9-7(2-1-3-11-9)8-6-13-5-4-10-8/h1-3,8,10H,4-6H2,(H,11,12). The first-order valence-electron chi connectivity index (χ1n) is 4.36. The van der Waals surface area contributed by atoms with Crippen LogP contribution in [0.25, 0.3) is 0 Å². The molecule has 0 amide bonds. The van der Waals surface area contributed by atoms with Crippen molar-refractivity contribution in [1.82, 2.24) is 10.3 Å². The number of rotatable bonds is 1. The van der Waals surface area contributed by atoms with Crippen molar-refractivity contribution in [2.75, 3.05) is 19.8 Å². The van der Waals surface area contributed by atoms with Gasteiger partial charge < -0.3 is 15.0 Å². The Morgan fingerprint density at radius 2 is 2.46 bits per heavy atom. The Kier molecular flexibility index (Phi) is 2.42. The molecule has 2 N–H and O–H groups in total. The molecule has 0 spiro atoms. The predicted molar refractivity (Wildman–Crippen MR) is 48.6 cm³/mol. The van der Waals surface area contributed by atoms with Crippen molar-refractivity contribution in [1.29, 1.82) is 0 Å². The van der Waals surface area contributed by atoms with Crippen molar-refractivity contribution in [2.24, 2.45) is 0 Å². The largest absolute Gasteiger partial charge is 0.378 e. The van der Waals surface area contributed by atoms with Crippen LogP contribution < -0.4 is 10.9 Å². The Bertz CT molecular complexity index is 328. The molecule has 70 valence electrons. The topological polar surface area (TPSA) is 54.1 Å². The molecule has 13 heavy (non-hydrogen) atoms. The van der Waals surface area contributed by atoms with Gasteiger partial charge in [-0.1, -0.05) is 6.07 Å². The average Bonchev–Trinajstić information content (AvgIpc) is 2.20. The molecule has 1 unspecified atom stereocenters. The van der Waals surface area contributed by atoms with Gasteiger partial charge in [0.1, 0.15) is 0 Å². The zero-order valence-corrected chi connectivity index (χ0v) is 7.25. The molecule has 0 aromatic carbocycles. The lowest BCUT2D eigenvalue weighted by atomic mass is 10.1. The molecule has 1 atom stereocenters. The summed E-state index contributed by atoms with van der Waals surface area (Å²) < 4.78 is 5.28. The molecule has 1 aromatic rings. The third kappa shape index (κ3) is 1.79. The van der Waals surface area contributed by atoms with E-state index in [1.54, 1.807) is 6.20 Å². The lowest BCUT2D eigenvalue weighted by Gasteiger charge is -2.23. The second-order valence-corrected chi connectivity index (χ2v) is 3.04. The Hall–Kier alpha value is -1.13. The van der Waals surface area contributed by atoms with Crippen LogP contribution in [0.2, 0.25) is 0 Å². The van der Waals surface area contributed by atoms with Gasteiger partial charge in [-0.15, -0.1) is 0 Å². The fraction of sp³-hybridized carbons (Fsp3) is 0.444. The SMILES string of the molecule is O=c1[nH]cccc1C1COCCN1. The van der Waals surface area contributed by atoms with E-state index in [0.717, 1.165) is 18.7 Å². The Labute approximate surface area is 75.9 Å². The lowest BCUT2D eigenvalue weighted by Crippen LogP contribution is -2.37. The summed E-state index contributed by atoms with van der Waals surface area (Å²) in [6, 6.07) is 3.69. The molecule has 0 aliphatic carbocycles. The van der Waals surface area contributed by atoms with E-state index in [4.69, 9.17) is 4.74 Å². The van der Waals surface area contributed by atoms with Crippen molar-refractivity contribution in [3.8, 4) is 0 Å². The fourth-order valence-corrected chi connectivity index (χ4v) is 1.47. The molecular formula is C9H12N2O2. The summed E-state index contributed by atoms with van der Waals surface area (Å²) >= 11 is 0. The predicted octanol–water partition coefficient (Wildman–Crippen LogP) is 0.0358. The summed E-state index contributed by atoms with van der Waals surface area (Å²) in [5.41, 5.74) is 0.715. The molecule has 2 rings (SSSR count). The van der Waals surface area contributed by atoms with E-state index >= 15 is 0 Å². The number of aromatic nitrogens is 1. The third-order valence-electron chi connectivity index (χ3n) is 2.15. The first-order valence-corrected chi connectivity index (χ1v) is 4.36. The zero-order valence-electron chi connectivity index (χ0n) is 7.25. The lowest BCUT2D eigenvalue weighted by molar-refractivity contribution is 0.0764. The van der Waals surface area contributed by atoms with Gasteiger partial charge >= 0.3 is 0 Å². The van der Waals surface area contributed by atoms with Crippen LogP contribution in [0.5, 0.6) is 0 Å². The highest BCUT2D eigenvalue weighted by molar-refractivity contribution is 5.14. The normalized spacial score (nSPS) is 22.9. The number of aromatic amines is 1. The first-order chi connectivity index (χ1) is 6.38. The molecule has 1 saturated heterocycles. The summed E-state index contributed by atoms with van der Waals surface area (Å²) in [4.78, 5) is 14.0. The molecule has 0 radical (unpaired) electrons. The van der Waals surface area contributed by atoms with Gasteiger partial charge in [0.05, 0.1) is 19.3 Å². The highest BCUT2D eigenvalue weighted by Gasteiger charge is 2.17. The van der Waals surface area contributed by atoms with Crippen LogP contribution in [-0.2, 0) is 4.74 Å². The van der Waals surface area contributed by atoms with Crippen LogP contribution in [0.1, 0.15) is 11.6 Å². The Morgan fingerprint density at radius 1 is 1.54 bits per heavy atom. The van der Waals surface area contributed by atoms with E-state index in [1.807, 2.05) is 12.1 Å². The summed E-state index contributed by atoms with van der Waals surface area (Å²) in [5, 5.41) is 3.23. The van der Waals surface area contributed by atoms with Crippen LogP contribution in [0.4, 0.5) is 0 Å². The van der Waals surface area contributed by atoms with Gasteiger partial charge in [0.15, 0.2) is 0 Å². The highest BCUT2D eigenvalue weighted by Crippen LogP contribution is 2.10. The summed E-state index contributed by atoms with van der Waals surface area (Å²) in [6.07, 6.45) is 1.63. The molecule has 0 saturated carbocycles. The average molecular weight is 180 g/mol. The van der Waals surface area contributed by atoms with Crippen LogP contribution in [-0.4, -0.2) is 24.7 Å². The minimum Gasteiger partial charge on any atom is -0.378 e. The van der Waals surface area contributed by atoms with E-state index < -0.39 is 0 Å². The van der Waals surface area contributed by atoms with Crippen LogP contribution in [0.15, 0.2) is 23.1 Å². The van der Waals surface area contributed by atoms with Gasteiger partial charge in [0.25, 0.3) is 5.56 Å². The van der Waals surface area contributed by atoms with Gasteiger partial charge in [-0.3, -0.25) is 4.79 Å². The number of hydrogen-bond acceptors (Lipinski definition) is 3. The zero-order chi connectivity index (χ0) is 9.10. The second kappa shape index (κ2) is 3.72. The number of ether oxygens (including phenoxy) is 1. The maximum absolute atomic E-state index is 11.4. The minimum atomic E-state index is -0.0366. The number of morpholine rings is 1. The molecule has 1 aliphatic heterocycles. The van der Waals surface area contributed by atoms with Crippen LogP contribution in [0.3, 0.4) is 0 Å². The van der Waals surface area contributed by atoms with Crippen molar-refractivity contribution < 1.29 is 4.74 Å². The van der Waals surface area contributed by atoms with Gasteiger partial charge in [-0.2, -0.15) is 0 Å². The summed E-state index contributed by atoms with van der Waals surface area (Å²) in [6.45, 7) is 2.10. The third-order valence-corrected chi connectivity index (χ3v) is 2.15. The number of hydrogen-bond donors (Lipinski definition) is 2. The fourth-order valence-electron chi connectivity index (χ4n) is 1.47. The quantitative estimate of drug-likeness (QED) is 0.641. The van der Waals surface area contributed by atoms with Gasteiger partial charge in [0, 0.05) is 18.3 Å². The van der Waals surface area contributed by atoms with Crippen LogP contribution in [0, 0.1) is 0 Å². The molecular weight excluding hydrogens is 168 g/mol. The van der Waals surface area contributed by atoms with E-state index in [0.29, 0.717) is 6.61 Å². The smallest absolute Gasteiger partial charge is 0.252 e. The number of pyridine rings is 1. The number of nitrogens with one attached hydrogen (secondary N) is 2. The van der Waals surface area contributed by atoms with Crippen molar-refractivity contribution in [3.05, 3.63) is 34.2 Å². The van der Waals surface area contributed by atoms with Gasteiger partial charge in [-0.05, 0) is 6.07 Å². The van der Waals surface area contributed by atoms with Crippen molar-refractivity contribution in [3.63, 3.8) is 0 Å². The second-order valence-electron chi connectivity index (χ2n) is 3.04. The molecule has 2 heterocycles. The molecule has 0 bridgehead atoms. The maximum Gasteiger partial charge on any atom is 0.252 e. The molecule has 4 nitrogen and oxygen atoms in total. The monoisotopic (exact) mass is 180 g/mol. The summed E-state index contributed by atoms with van der Waals surface area (Å²) in [7, 11) is 0. The highest BCUT2D eigenvalue weighted by atomic mass is 16.5. The maximum atomic E-state index is 11.4. The van der Waals surface area contributed by atoms with E-state index in [1.165, 1.54) is 0 Å². The van der Waals surface area contributed by atoms with E-state index in [2.05, 4.69) is 10.3 Å². The van der Waals surface area contributed by atoms with Crippen molar-refractivity contribution in [2.45, 2.75) is 6.04 Å². The molecule has 1 aliphatic rings. The van der Waals surface area contributed by atoms with E-state index in [9.17, 15) is 4.79 Å². The molecule has 4 heteroatoms. The van der Waals surface area contributed by atoms with Crippen molar-refractivity contribution >= 4 is 0 Å². The minimum absolute atomic E-state index is 0.0366. The summed E-state index contributed by atoms with van der Waals surface area (Å²) in [5.74, 6) is 0. The first kappa shape index (κ1) is 8.47. The van der Waals surface area contributed by atoms with Crippen LogP contribution >= 0.6 is 0 Å².